The number of methoxy groups -OCH3 is 2. The summed E-state index contributed by atoms with van der Waals surface area (Å²) in [6.45, 7) is 7.24. The molecule has 0 fully saturated rings. The van der Waals surface area contributed by atoms with Crippen LogP contribution in [0.3, 0.4) is 0 Å². The quantitative estimate of drug-likeness (QED) is 0.185. The zero-order chi connectivity index (χ0) is 27.8. The third-order valence-corrected chi connectivity index (χ3v) is 7.66. The van der Waals surface area contributed by atoms with Crippen LogP contribution in [-0.2, 0) is 13.2 Å². The Morgan fingerprint density at radius 3 is 2.45 bits per heavy atom. The minimum Gasteiger partial charge on any atom is -0.496 e. The monoisotopic (exact) mass is 555 g/mol. The van der Waals surface area contributed by atoms with Crippen LogP contribution in [0.2, 0.25) is 0 Å². The van der Waals surface area contributed by atoms with Gasteiger partial charge in [0.2, 0.25) is 4.96 Å². The SMILES string of the molecule is COc1cc(OCc2cccc(OCc3c(C)cc(C)cc3C)c2)c2cc(-c3cn4nc(OC)sc4n3)oc2c1. The van der Waals surface area contributed by atoms with Crippen molar-refractivity contribution in [3.05, 3.63) is 88.6 Å². The van der Waals surface area contributed by atoms with Gasteiger partial charge in [-0.25, -0.2) is 9.50 Å². The zero-order valence-corrected chi connectivity index (χ0v) is 23.8. The lowest BCUT2D eigenvalue weighted by Crippen LogP contribution is -2.02. The molecule has 0 saturated carbocycles. The number of ether oxygens (including phenoxy) is 4. The topological polar surface area (TPSA) is 80.2 Å². The first kappa shape index (κ1) is 25.8. The van der Waals surface area contributed by atoms with Crippen LogP contribution in [0.5, 0.6) is 22.4 Å². The summed E-state index contributed by atoms with van der Waals surface area (Å²) < 4.78 is 31.0. The minimum atomic E-state index is 0.354. The van der Waals surface area contributed by atoms with E-state index in [1.165, 1.54) is 33.6 Å². The molecule has 0 amide bonds. The van der Waals surface area contributed by atoms with Crippen LogP contribution in [0.1, 0.15) is 27.8 Å². The Labute approximate surface area is 235 Å². The van der Waals surface area contributed by atoms with Crippen LogP contribution < -0.4 is 18.9 Å². The van der Waals surface area contributed by atoms with Crippen molar-refractivity contribution in [3.63, 3.8) is 0 Å². The van der Waals surface area contributed by atoms with Gasteiger partial charge in [-0.1, -0.05) is 29.8 Å². The molecule has 3 heterocycles. The van der Waals surface area contributed by atoms with Gasteiger partial charge >= 0.3 is 0 Å². The Bertz CT molecular complexity index is 1780. The fourth-order valence-corrected chi connectivity index (χ4v) is 5.51. The zero-order valence-electron chi connectivity index (χ0n) is 23.0. The average Bonchev–Trinajstić information content (AvgIpc) is 3.64. The van der Waals surface area contributed by atoms with Gasteiger partial charge in [0.25, 0.3) is 5.19 Å². The number of fused-ring (bicyclic) bond motifs is 2. The lowest BCUT2D eigenvalue weighted by atomic mass is 10.0. The van der Waals surface area contributed by atoms with E-state index in [2.05, 4.69) is 43.0 Å². The van der Waals surface area contributed by atoms with Gasteiger partial charge in [-0.15, -0.1) is 5.10 Å². The lowest BCUT2D eigenvalue weighted by molar-refractivity contribution is 0.295. The molecule has 6 rings (SSSR count). The molecule has 0 N–H and O–H groups in total. The van der Waals surface area contributed by atoms with Gasteiger partial charge in [-0.05, 0) is 72.6 Å². The van der Waals surface area contributed by atoms with Crippen molar-refractivity contribution in [2.24, 2.45) is 0 Å². The number of imidazole rings is 1. The predicted octanol–water partition coefficient (Wildman–Crippen LogP) is 7.30. The van der Waals surface area contributed by atoms with Gasteiger partial charge in [0.1, 0.15) is 41.7 Å². The molecule has 0 saturated heterocycles. The van der Waals surface area contributed by atoms with Crippen LogP contribution in [0, 0.1) is 20.8 Å². The maximum absolute atomic E-state index is 6.29. The molecule has 0 aliphatic heterocycles. The van der Waals surface area contributed by atoms with Crippen molar-refractivity contribution >= 4 is 27.3 Å². The number of nitrogens with zero attached hydrogens (tertiary/aromatic N) is 3. The number of benzene rings is 3. The van der Waals surface area contributed by atoms with E-state index >= 15 is 0 Å². The molecule has 204 valence electrons. The Hall–Kier alpha value is -4.50. The van der Waals surface area contributed by atoms with E-state index in [4.69, 9.17) is 23.4 Å². The molecule has 3 aromatic carbocycles. The van der Waals surface area contributed by atoms with Crippen molar-refractivity contribution in [1.82, 2.24) is 14.6 Å². The van der Waals surface area contributed by atoms with Crippen LogP contribution in [0.15, 0.2) is 65.2 Å². The molecule has 0 aliphatic carbocycles. The highest BCUT2D eigenvalue weighted by Crippen LogP contribution is 2.37. The molecule has 0 atom stereocenters. The first-order valence-corrected chi connectivity index (χ1v) is 13.6. The van der Waals surface area contributed by atoms with Gasteiger partial charge < -0.3 is 23.4 Å². The van der Waals surface area contributed by atoms with Crippen molar-refractivity contribution in [1.29, 1.82) is 0 Å². The first-order chi connectivity index (χ1) is 19.4. The standard InChI is InChI=1S/C31H29N3O5S/c1-18-9-19(2)25(20(3)10-18)17-37-22-8-6-7-21(11-22)16-38-27-12-23(35-4)13-28-24(27)14-29(39-28)26-15-34-30(32-26)40-31(33-34)36-5/h6-15H,16-17H2,1-5H3. The Balaban J connectivity index is 1.21. The van der Waals surface area contributed by atoms with E-state index in [1.807, 2.05) is 48.7 Å². The molecular weight excluding hydrogens is 526 g/mol. The van der Waals surface area contributed by atoms with Crippen molar-refractivity contribution in [2.45, 2.75) is 34.0 Å². The second-order valence-corrected chi connectivity index (χ2v) is 10.6. The summed E-state index contributed by atoms with van der Waals surface area (Å²) in [5.74, 6) is 2.71. The molecule has 9 heteroatoms. The normalized spacial score (nSPS) is 11.3. The lowest BCUT2D eigenvalue weighted by Gasteiger charge is -2.14. The van der Waals surface area contributed by atoms with Gasteiger partial charge in [0, 0.05) is 12.1 Å². The highest BCUT2D eigenvalue weighted by atomic mass is 32.1. The summed E-state index contributed by atoms with van der Waals surface area (Å²) in [4.78, 5) is 5.35. The average molecular weight is 556 g/mol. The third kappa shape index (κ3) is 5.08. The second kappa shape index (κ2) is 10.6. The van der Waals surface area contributed by atoms with Crippen molar-refractivity contribution in [3.8, 4) is 33.9 Å². The molecule has 3 aromatic heterocycles. The van der Waals surface area contributed by atoms with Crippen molar-refractivity contribution in [2.75, 3.05) is 14.2 Å². The highest BCUT2D eigenvalue weighted by molar-refractivity contribution is 7.18. The summed E-state index contributed by atoms with van der Waals surface area (Å²) in [6.07, 6.45) is 1.81. The van der Waals surface area contributed by atoms with E-state index < -0.39 is 0 Å². The number of furan rings is 1. The Morgan fingerprint density at radius 2 is 1.70 bits per heavy atom. The van der Waals surface area contributed by atoms with E-state index in [0.29, 0.717) is 46.9 Å². The van der Waals surface area contributed by atoms with E-state index in [9.17, 15) is 0 Å². The van der Waals surface area contributed by atoms with Crippen LogP contribution >= 0.6 is 11.3 Å². The van der Waals surface area contributed by atoms with Crippen LogP contribution in [0.4, 0.5) is 0 Å². The van der Waals surface area contributed by atoms with Gasteiger partial charge in [0.05, 0.1) is 25.8 Å². The second-order valence-electron chi connectivity index (χ2n) is 9.68. The van der Waals surface area contributed by atoms with Gasteiger partial charge in [0.15, 0.2) is 5.76 Å². The molecule has 0 bridgehead atoms. The molecule has 0 aliphatic rings. The summed E-state index contributed by atoms with van der Waals surface area (Å²) in [7, 11) is 3.21. The number of aromatic nitrogens is 3. The summed E-state index contributed by atoms with van der Waals surface area (Å²) >= 11 is 1.36. The molecule has 8 nitrogen and oxygen atoms in total. The number of hydrogen-bond acceptors (Lipinski definition) is 8. The molecular formula is C31H29N3O5S. The smallest absolute Gasteiger partial charge is 0.294 e. The van der Waals surface area contributed by atoms with Gasteiger partial charge in [-0.3, -0.25) is 0 Å². The number of rotatable bonds is 9. The van der Waals surface area contributed by atoms with Gasteiger partial charge in [-0.2, -0.15) is 0 Å². The Kier molecular flexibility index (Phi) is 6.81. The highest BCUT2D eigenvalue weighted by Gasteiger charge is 2.17. The van der Waals surface area contributed by atoms with Crippen LogP contribution in [0.25, 0.3) is 27.4 Å². The number of hydrogen-bond donors (Lipinski definition) is 0. The minimum absolute atomic E-state index is 0.354. The van der Waals surface area contributed by atoms with Crippen LogP contribution in [-0.4, -0.2) is 28.8 Å². The summed E-state index contributed by atoms with van der Waals surface area (Å²) in [5.41, 5.74) is 7.27. The number of aryl methyl sites for hydroxylation is 3. The van der Waals surface area contributed by atoms with E-state index in [0.717, 1.165) is 21.7 Å². The Morgan fingerprint density at radius 1 is 0.875 bits per heavy atom. The largest absolute Gasteiger partial charge is 0.496 e. The molecule has 40 heavy (non-hydrogen) atoms. The maximum Gasteiger partial charge on any atom is 0.294 e. The first-order valence-electron chi connectivity index (χ1n) is 12.8. The predicted molar refractivity (Wildman–Crippen MR) is 155 cm³/mol. The molecule has 0 radical (unpaired) electrons. The fraction of sp³-hybridized carbons (Fsp3) is 0.226. The summed E-state index contributed by atoms with van der Waals surface area (Å²) in [5, 5.41) is 5.72. The molecule has 0 spiro atoms. The maximum atomic E-state index is 6.29. The third-order valence-electron chi connectivity index (χ3n) is 6.78. The van der Waals surface area contributed by atoms with E-state index in [-0.39, 0.29) is 0 Å². The molecule has 0 unspecified atom stereocenters. The van der Waals surface area contributed by atoms with E-state index in [1.54, 1.807) is 18.7 Å². The fourth-order valence-electron chi connectivity index (χ4n) is 4.81. The van der Waals surface area contributed by atoms with Crippen molar-refractivity contribution < 1.29 is 23.4 Å². The summed E-state index contributed by atoms with van der Waals surface area (Å²) in [6, 6.07) is 18.0. The molecule has 6 aromatic rings.